The first-order chi connectivity index (χ1) is 3.85. The summed E-state index contributed by atoms with van der Waals surface area (Å²) >= 11 is 0. The van der Waals surface area contributed by atoms with Crippen LogP contribution < -0.4 is 0 Å². The van der Waals surface area contributed by atoms with Crippen molar-refractivity contribution in [2.45, 2.75) is 39.9 Å². The Hall–Kier alpha value is -0.0800. The molecular weight excluding hydrogens is 116 g/mol. The zero-order valence-electron chi connectivity index (χ0n) is 6.55. The third kappa shape index (κ3) is 2.82. The Bertz CT molecular complexity index is 81.4. The minimum Gasteiger partial charge on any atom is -0.391 e. The van der Waals surface area contributed by atoms with Gasteiger partial charge in [0.2, 0.25) is 0 Å². The Labute approximate surface area is 56.5 Å². The quantitative estimate of drug-likeness (QED) is 0.553. The van der Waals surface area contributed by atoms with Crippen molar-refractivity contribution in [1.29, 1.82) is 0 Å². The Morgan fingerprint density at radius 3 is 1.44 bits per heavy atom. The highest BCUT2D eigenvalue weighted by Gasteiger charge is 2.25. The van der Waals surface area contributed by atoms with Gasteiger partial charge >= 0.3 is 0 Å². The summed E-state index contributed by atoms with van der Waals surface area (Å²) in [6, 6.07) is 0. The molecule has 0 aliphatic heterocycles. The summed E-state index contributed by atoms with van der Waals surface area (Å²) in [5.74, 6) is 0. The third-order valence-electron chi connectivity index (χ3n) is 1.34. The molecule has 0 fully saturated rings. The van der Waals surface area contributed by atoms with E-state index in [4.69, 9.17) is 5.11 Å². The lowest BCUT2D eigenvalue weighted by Gasteiger charge is -2.27. The molecule has 2 nitrogen and oxygen atoms in total. The fourth-order valence-electron chi connectivity index (χ4n) is 0.724. The van der Waals surface area contributed by atoms with Crippen LogP contribution in [0.3, 0.4) is 0 Å². The smallest absolute Gasteiger partial charge is 0.0844 e. The highest BCUT2D eigenvalue weighted by atomic mass is 16.3. The molecule has 0 aromatic rings. The van der Waals surface area contributed by atoms with Crippen molar-refractivity contribution < 1.29 is 10.2 Å². The van der Waals surface area contributed by atoms with Gasteiger partial charge in [0.15, 0.2) is 0 Å². The second-order valence-corrected chi connectivity index (χ2v) is 3.55. The maximum absolute atomic E-state index is 9.21. The van der Waals surface area contributed by atoms with E-state index in [1.807, 2.05) is 20.8 Å². The molecule has 0 amide bonds. The van der Waals surface area contributed by atoms with Gasteiger partial charge in [-0.25, -0.2) is 0 Å². The van der Waals surface area contributed by atoms with E-state index in [1.165, 1.54) is 0 Å². The van der Waals surface area contributed by atoms with Gasteiger partial charge in [0.05, 0.1) is 12.2 Å². The zero-order chi connectivity index (χ0) is 7.65. The molecular formula is C7H16O2. The van der Waals surface area contributed by atoms with E-state index < -0.39 is 12.2 Å². The molecule has 0 aliphatic rings. The first-order valence-corrected chi connectivity index (χ1v) is 3.22. The summed E-state index contributed by atoms with van der Waals surface area (Å²) in [4.78, 5) is 0. The van der Waals surface area contributed by atoms with Crippen molar-refractivity contribution in [3.05, 3.63) is 0 Å². The van der Waals surface area contributed by atoms with Gasteiger partial charge in [-0.3, -0.25) is 0 Å². The van der Waals surface area contributed by atoms with Gasteiger partial charge in [-0.15, -0.1) is 0 Å². The molecule has 2 atom stereocenters. The third-order valence-corrected chi connectivity index (χ3v) is 1.34. The molecule has 0 saturated heterocycles. The summed E-state index contributed by atoms with van der Waals surface area (Å²) in [5.41, 5.74) is -0.214. The number of aliphatic hydroxyl groups is 2. The molecule has 0 bridgehead atoms. The monoisotopic (exact) mass is 132 g/mol. The lowest BCUT2D eigenvalue weighted by molar-refractivity contribution is -0.0350. The Morgan fingerprint density at radius 1 is 1.11 bits per heavy atom. The van der Waals surface area contributed by atoms with Gasteiger partial charge in [-0.1, -0.05) is 20.8 Å². The van der Waals surface area contributed by atoms with E-state index in [9.17, 15) is 5.11 Å². The number of rotatable bonds is 1. The van der Waals surface area contributed by atoms with Gasteiger partial charge in [0, 0.05) is 0 Å². The van der Waals surface area contributed by atoms with Crippen molar-refractivity contribution in [3.63, 3.8) is 0 Å². The number of hydrogen-bond acceptors (Lipinski definition) is 2. The molecule has 0 saturated carbocycles. The van der Waals surface area contributed by atoms with Gasteiger partial charge in [-0.05, 0) is 12.3 Å². The molecule has 0 rings (SSSR count). The molecule has 0 radical (unpaired) electrons. The van der Waals surface area contributed by atoms with Crippen molar-refractivity contribution >= 4 is 0 Å². The predicted molar refractivity (Wildman–Crippen MR) is 37.1 cm³/mol. The number of aliphatic hydroxyl groups excluding tert-OH is 2. The molecule has 2 N–H and O–H groups in total. The summed E-state index contributed by atoms with van der Waals surface area (Å²) in [6.07, 6.45) is -1.26. The fourth-order valence-corrected chi connectivity index (χ4v) is 0.724. The van der Waals surface area contributed by atoms with Crippen molar-refractivity contribution in [2.24, 2.45) is 5.41 Å². The highest BCUT2D eigenvalue weighted by Crippen LogP contribution is 2.21. The highest BCUT2D eigenvalue weighted by molar-refractivity contribution is 4.76. The summed E-state index contributed by atoms with van der Waals surface area (Å²) in [7, 11) is 0. The second kappa shape index (κ2) is 2.67. The lowest BCUT2D eigenvalue weighted by atomic mass is 9.86. The molecule has 9 heavy (non-hydrogen) atoms. The average molecular weight is 132 g/mol. The minimum atomic E-state index is -0.634. The Balaban J connectivity index is 3.88. The first-order valence-electron chi connectivity index (χ1n) is 3.22. The summed E-state index contributed by atoms with van der Waals surface area (Å²) < 4.78 is 0. The van der Waals surface area contributed by atoms with Crippen LogP contribution in [0.2, 0.25) is 0 Å². The van der Waals surface area contributed by atoms with Crippen LogP contribution in [-0.2, 0) is 0 Å². The van der Waals surface area contributed by atoms with Crippen LogP contribution in [-0.4, -0.2) is 22.4 Å². The van der Waals surface area contributed by atoms with Crippen LogP contribution in [0.15, 0.2) is 0 Å². The fraction of sp³-hybridized carbons (Fsp3) is 1.00. The maximum atomic E-state index is 9.21. The summed E-state index contributed by atoms with van der Waals surface area (Å²) in [5, 5.41) is 18.1. The maximum Gasteiger partial charge on any atom is 0.0844 e. The van der Waals surface area contributed by atoms with E-state index in [1.54, 1.807) is 6.92 Å². The molecule has 1 unspecified atom stereocenters. The van der Waals surface area contributed by atoms with Gasteiger partial charge in [-0.2, -0.15) is 0 Å². The molecule has 0 aromatic heterocycles. The van der Waals surface area contributed by atoms with E-state index >= 15 is 0 Å². The number of hydrogen-bond donors (Lipinski definition) is 2. The van der Waals surface area contributed by atoms with Crippen LogP contribution in [0.25, 0.3) is 0 Å². The Kier molecular flexibility index (Phi) is 2.65. The van der Waals surface area contributed by atoms with E-state index in [0.717, 1.165) is 0 Å². The van der Waals surface area contributed by atoms with Crippen LogP contribution in [0, 0.1) is 5.41 Å². The standard InChI is InChI=1S/C7H16O2/c1-5(8)6(9)7(2,3)4/h5-6,8-9H,1-4H3/t5?,6-/m0/s1. The predicted octanol–water partition coefficient (Wildman–Crippen LogP) is 0.774. The molecule has 0 aromatic carbocycles. The molecule has 56 valence electrons. The van der Waals surface area contributed by atoms with Crippen LogP contribution in [0.1, 0.15) is 27.7 Å². The molecule has 0 aliphatic carbocycles. The molecule has 0 heterocycles. The molecule has 2 heteroatoms. The largest absolute Gasteiger partial charge is 0.391 e. The zero-order valence-corrected chi connectivity index (χ0v) is 6.55. The SMILES string of the molecule is CC(O)[C@H](O)C(C)(C)C. The van der Waals surface area contributed by atoms with Crippen molar-refractivity contribution in [1.82, 2.24) is 0 Å². The molecule has 0 spiro atoms. The second-order valence-electron chi connectivity index (χ2n) is 3.55. The van der Waals surface area contributed by atoms with E-state index in [-0.39, 0.29) is 5.41 Å². The van der Waals surface area contributed by atoms with Gasteiger partial charge in [0.25, 0.3) is 0 Å². The van der Waals surface area contributed by atoms with Crippen LogP contribution in [0.4, 0.5) is 0 Å². The lowest BCUT2D eigenvalue weighted by Crippen LogP contribution is -2.35. The normalized spacial score (nSPS) is 19.3. The summed E-state index contributed by atoms with van der Waals surface area (Å²) in [6.45, 7) is 7.27. The first kappa shape index (κ1) is 8.92. The topological polar surface area (TPSA) is 40.5 Å². The Morgan fingerprint density at radius 2 is 1.44 bits per heavy atom. The van der Waals surface area contributed by atoms with Crippen molar-refractivity contribution in [3.8, 4) is 0 Å². The van der Waals surface area contributed by atoms with E-state index in [0.29, 0.717) is 0 Å². The van der Waals surface area contributed by atoms with E-state index in [2.05, 4.69) is 0 Å². The average Bonchev–Trinajstić information content (AvgIpc) is 1.62. The van der Waals surface area contributed by atoms with Gasteiger partial charge < -0.3 is 10.2 Å². The van der Waals surface area contributed by atoms with Crippen LogP contribution >= 0.6 is 0 Å². The van der Waals surface area contributed by atoms with Crippen LogP contribution in [0.5, 0.6) is 0 Å². The van der Waals surface area contributed by atoms with Gasteiger partial charge in [0.1, 0.15) is 0 Å². The van der Waals surface area contributed by atoms with Crippen molar-refractivity contribution in [2.75, 3.05) is 0 Å². The minimum absolute atomic E-state index is 0.214.